The number of thioether (sulfide) groups is 1. The van der Waals surface area contributed by atoms with E-state index in [9.17, 15) is 5.26 Å². The molecule has 4 rings (SSSR count). The van der Waals surface area contributed by atoms with Crippen LogP contribution in [0, 0.1) is 11.3 Å². The fraction of sp³-hybridized carbons (Fsp3) is 0.286. The lowest BCUT2D eigenvalue weighted by Gasteiger charge is -2.16. The molecule has 0 radical (unpaired) electrons. The van der Waals surface area contributed by atoms with Gasteiger partial charge in [0, 0.05) is 11.4 Å². The summed E-state index contributed by atoms with van der Waals surface area (Å²) < 4.78 is 2.15. The normalized spacial score (nSPS) is 14.3. The van der Waals surface area contributed by atoms with Gasteiger partial charge < -0.3 is 0 Å². The molecule has 2 heterocycles. The Hall–Kier alpha value is -2.62. The van der Waals surface area contributed by atoms with Crippen LogP contribution in [0.15, 0.2) is 59.8 Å². The number of nitriles is 1. The summed E-state index contributed by atoms with van der Waals surface area (Å²) in [7, 11) is 0. The summed E-state index contributed by atoms with van der Waals surface area (Å²) in [4.78, 5) is 2.43. The third kappa shape index (κ3) is 4.05. The number of hydrogen-bond donors (Lipinski definition) is 0. The fourth-order valence-electron chi connectivity index (χ4n) is 3.37. The summed E-state index contributed by atoms with van der Waals surface area (Å²) in [5.41, 5.74) is 2.81. The Labute approximate surface area is 163 Å². The molecule has 1 saturated heterocycles. The van der Waals surface area contributed by atoms with E-state index in [1.54, 1.807) is 11.8 Å². The van der Waals surface area contributed by atoms with Crippen molar-refractivity contribution >= 4 is 11.8 Å². The number of aromatic nitrogens is 3. The minimum Gasteiger partial charge on any atom is -0.296 e. The third-order valence-corrected chi connectivity index (χ3v) is 5.75. The van der Waals surface area contributed by atoms with E-state index in [2.05, 4.69) is 37.9 Å². The Morgan fingerprint density at radius 1 is 0.963 bits per heavy atom. The van der Waals surface area contributed by atoms with E-state index in [1.165, 1.54) is 12.8 Å². The first kappa shape index (κ1) is 17.8. The first-order valence-corrected chi connectivity index (χ1v) is 10.2. The van der Waals surface area contributed by atoms with Crippen LogP contribution in [0.25, 0.3) is 5.69 Å². The molecule has 6 heteroatoms. The highest BCUT2D eigenvalue weighted by atomic mass is 32.2. The Kier molecular flexibility index (Phi) is 5.52. The molecule has 5 nitrogen and oxygen atoms in total. The van der Waals surface area contributed by atoms with Gasteiger partial charge in [-0.3, -0.25) is 9.47 Å². The van der Waals surface area contributed by atoms with Gasteiger partial charge in [-0.25, -0.2) is 0 Å². The van der Waals surface area contributed by atoms with Crippen LogP contribution in [0.5, 0.6) is 0 Å². The molecule has 0 atom stereocenters. The third-order valence-electron chi connectivity index (χ3n) is 4.77. The fourth-order valence-corrected chi connectivity index (χ4v) is 4.35. The molecule has 0 amide bonds. The zero-order valence-electron chi connectivity index (χ0n) is 15.1. The molecule has 3 aromatic rings. The van der Waals surface area contributed by atoms with E-state index < -0.39 is 0 Å². The van der Waals surface area contributed by atoms with Gasteiger partial charge in [0.2, 0.25) is 0 Å². The van der Waals surface area contributed by atoms with Crippen molar-refractivity contribution in [2.75, 3.05) is 13.1 Å². The zero-order chi connectivity index (χ0) is 18.5. The molecule has 1 aliphatic heterocycles. The lowest BCUT2D eigenvalue weighted by atomic mass is 10.1. The van der Waals surface area contributed by atoms with Gasteiger partial charge in [0.1, 0.15) is 0 Å². The first-order valence-electron chi connectivity index (χ1n) is 9.18. The summed E-state index contributed by atoms with van der Waals surface area (Å²) in [6, 6.07) is 20.3. The number of para-hydroxylation sites is 1. The van der Waals surface area contributed by atoms with E-state index in [1.807, 2.05) is 42.5 Å². The van der Waals surface area contributed by atoms with Gasteiger partial charge in [-0.05, 0) is 49.7 Å². The second kappa shape index (κ2) is 8.38. The van der Waals surface area contributed by atoms with E-state index in [-0.39, 0.29) is 0 Å². The number of rotatable bonds is 6. The number of hydrogen-bond acceptors (Lipinski definition) is 5. The molecule has 136 valence electrons. The lowest BCUT2D eigenvalue weighted by molar-refractivity contribution is 0.319. The van der Waals surface area contributed by atoms with Crippen molar-refractivity contribution in [3.8, 4) is 11.8 Å². The van der Waals surface area contributed by atoms with Gasteiger partial charge in [0.25, 0.3) is 0 Å². The van der Waals surface area contributed by atoms with E-state index in [0.29, 0.717) is 11.3 Å². The summed E-state index contributed by atoms with van der Waals surface area (Å²) in [5, 5.41) is 19.1. The molecule has 1 aromatic heterocycles. The van der Waals surface area contributed by atoms with Crippen LogP contribution in [0.3, 0.4) is 0 Å². The Bertz CT molecular complexity index is 939. The maximum Gasteiger partial charge on any atom is 0.196 e. The van der Waals surface area contributed by atoms with Crippen LogP contribution >= 0.6 is 11.8 Å². The molecular formula is C21H21N5S. The van der Waals surface area contributed by atoms with Crippen LogP contribution < -0.4 is 0 Å². The maximum atomic E-state index is 9.31. The van der Waals surface area contributed by atoms with Gasteiger partial charge >= 0.3 is 0 Å². The Morgan fingerprint density at radius 2 is 1.70 bits per heavy atom. The molecule has 2 aromatic carbocycles. The topological polar surface area (TPSA) is 57.7 Å². The molecule has 1 aliphatic rings. The lowest BCUT2D eigenvalue weighted by Crippen LogP contribution is -2.21. The largest absolute Gasteiger partial charge is 0.296 e. The molecule has 27 heavy (non-hydrogen) atoms. The number of benzene rings is 2. The second-order valence-corrected chi connectivity index (χ2v) is 7.55. The number of nitrogens with zero attached hydrogens (tertiary/aromatic N) is 5. The highest BCUT2D eigenvalue weighted by molar-refractivity contribution is 7.98. The first-order chi connectivity index (χ1) is 13.3. The van der Waals surface area contributed by atoms with Crippen molar-refractivity contribution in [3.05, 3.63) is 71.5 Å². The minimum atomic E-state index is 0.693. The molecular weight excluding hydrogens is 354 g/mol. The van der Waals surface area contributed by atoms with E-state index in [4.69, 9.17) is 0 Å². The summed E-state index contributed by atoms with van der Waals surface area (Å²) in [6.07, 6.45) is 2.51. The van der Waals surface area contributed by atoms with Crippen molar-refractivity contribution in [2.45, 2.75) is 30.3 Å². The predicted octanol–water partition coefficient (Wildman–Crippen LogP) is 4.03. The van der Waals surface area contributed by atoms with Crippen LogP contribution in [-0.2, 0) is 12.3 Å². The highest BCUT2D eigenvalue weighted by Gasteiger charge is 2.19. The van der Waals surface area contributed by atoms with Crippen molar-refractivity contribution < 1.29 is 0 Å². The summed E-state index contributed by atoms with van der Waals surface area (Å²) in [6.45, 7) is 3.07. The number of likely N-dealkylation sites (tertiary alicyclic amines) is 1. The smallest absolute Gasteiger partial charge is 0.196 e. The summed E-state index contributed by atoms with van der Waals surface area (Å²) in [5.74, 6) is 1.66. The molecule has 0 saturated carbocycles. The van der Waals surface area contributed by atoms with Crippen LogP contribution in [0.4, 0.5) is 0 Å². The standard InChI is InChI=1S/C21H21N5S/c22-14-17-8-4-5-9-18(17)16-27-21-24-23-20(15-25-12-6-7-13-25)26(21)19-10-2-1-3-11-19/h1-5,8-11H,6-7,12-13,15-16H2. The van der Waals surface area contributed by atoms with Crippen LogP contribution in [0.2, 0.25) is 0 Å². The molecule has 0 aliphatic carbocycles. The van der Waals surface area contributed by atoms with Crippen molar-refractivity contribution in [1.29, 1.82) is 5.26 Å². The molecule has 0 N–H and O–H groups in total. The van der Waals surface area contributed by atoms with Gasteiger partial charge in [-0.15, -0.1) is 10.2 Å². The molecule has 0 unspecified atom stereocenters. The van der Waals surface area contributed by atoms with Crippen molar-refractivity contribution in [1.82, 2.24) is 19.7 Å². The van der Waals surface area contributed by atoms with E-state index >= 15 is 0 Å². The molecule has 0 bridgehead atoms. The highest BCUT2D eigenvalue weighted by Crippen LogP contribution is 2.27. The Balaban J connectivity index is 1.62. The second-order valence-electron chi connectivity index (χ2n) is 6.61. The average molecular weight is 376 g/mol. The average Bonchev–Trinajstić information content (AvgIpc) is 3.37. The van der Waals surface area contributed by atoms with Crippen molar-refractivity contribution in [2.24, 2.45) is 0 Å². The van der Waals surface area contributed by atoms with Gasteiger partial charge in [-0.2, -0.15) is 5.26 Å². The van der Waals surface area contributed by atoms with Gasteiger partial charge in [0.05, 0.1) is 18.2 Å². The zero-order valence-corrected chi connectivity index (χ0v) is 15.9. The molecule has 0 spiro atoms. The molecule has 1 fully saturated rings. The Morgan fingerprint density at radius 3 is 2.48 bits per heavy atom. The van der Waals surface area contributed by atoms with Crippen molar-refractivity contribution in [3.63, 3.8) is 0 Å². The van der Waals surface area contributed by atoms with Crippen LogP contribution in [-0.4, -0.2) is 32.8 Å². The monoisotopic (exact) mass is 375 g/mol. The summed E-state index contributed by atoms with van der Waals surface area (Å²) >= 11 is 1.62. The van der Waals surface area contributed by atoms with E-state index in [0.717, 1.165) is 41.9 Å². The maximum absolute atomic E-state index is 9.31. The minimum absolute atomic E-state index is 0.693. The van der Waals surface area contributed by atoms with Crippen LogP contribution in [0.1, 0.15) is 29.8 Å². The quantitative estimate of drug-likeness (QED) is 0.609. The SMILES string of the molecule is N#Cc1ccccc1CSc1nnc(CN2CCCC2)n1-c1ccccc1. The van der Waals surface area contributed by atoms with Gasteiger partial charge in [-0.1, -0.05) is 48.2 Å². The van der Waals surface area contributed by atoms with Gasteiger partial charge in [0.15, 0.2) is 11.0 Å². The predicted molar refractivity (Wildman–Crippen MR) is 107 cm³/mol.